The fraction of sp³-hybridized carbons (Fsp3) is 0.455. The zero-order valence-corrected chi connectivity index (χ0v) is 10.3. The molecule has 86 valence electrons. The van der Waals surface area contributed by atoms with Gasteiger partial charge in [0.2, 0.25) is 0 Å². The molecule has 0 atom stereocenters. The van der Waals surface area contributed by atoms with E-state index < -0.39 is 0 Å². The van der Waals surface area contributed by atoms with Crippen molar-refractivity contribution in [3.63, 3.8) is 0 Å². The third-order valence-electron chi connectivity index (χ3n) is 2.52. The predicted molar refractivity (Wildman–Crippen MR) is 63.5 cm³/mol. The Morgan fingerprint density at radius 1 is 1.44 bits per heavy atom. The molecule has 16 heavy (non-hydrogen) atoms. The molecule has 0 unspecified atom stereocenters. The quantitative estimate of drug-likeness (QED) is 0.809. The zero-order valence-electron chi connectivity index (χ0n) is 9.49. The van der Waals surface area contributed by atoms with Gasteiger partial charge < -0.3 is 9.84 Å². The fourth-order valence-corrected chi connectivity index (χ4v) is 2.18. The normalized spacial score (nSPS) is 10.9. The Labute approximate surface area is 98.7 Å². The Morgan fingerprint density at radius 2 is 2.31 bits per heavy atom. The van der Waals surface area contributed by atoms with Gasteiger partial charge in [-0.25, -0.2) is 0 Å². The summed E-state index contributed by atoms with van der Waals surface area (Å²) in [5, 5.41) is 7.32. The van der Waals surface area contributed by atoms with Crippen molar-refractivity contribution in [3.8, 4) is 0 Å². The van der Waals surface area contributed by atoms with Crippen molar-refractivity contribution in [2.45, 2.75) is 26.8 Å². The lowest BCUT2D eigenvalue weighted by molar-refractivity contribution is 0.392. The summed E-state index contributed by atoms with van der Waals surface area (Å²) in [4.78, 5) is 5.30. The molecule has 0 aromatic carbocycles. The molecule has 4 nitrogen and oxygen atoms in total. The molecule has 0 spiro atoms. The van der Waals surface area contributed by atoms with Crippen molar-refractivity contribution in [3.05, 3.63) is 33.6 Å². The van der Waals surface area contributed by atoms with Crippen LogP contribution in [0.3, 0.4) is 0 Å². The average Bonchev–Trinajstić information content (AvgIpc) is 2.87. The van der Waals surface area contributed by atoms with E-state index in [1.54, 1.807) is 11.3 Å². The lowest BCUT2D eigenvalue weighted by Crippen LogP contribution is -2.16. The summed E-state index contributed by atoms with van der Waals surface area (Å²) in [5.41, 5.74) is 4.07. The molecule has 0 saturated carbocycles. The van der Waals surface area contributed by atoms with Crippen LogP contribution in [0.4, 0.5) is 0 Å². The van der Waals surface area contributed by atoms with Crippen molar-refractivity contribution >= 4 is 11.3 Å². The minimum absolute atomic E-state index is 0.883. The summed E-state index contributed by atoms with van der Waals surface area (Å²) in [7, 11) is 0. The highest BCUT2D eigenvalue weighted by atomic mass is 32.1. The Bertz CT molecular complexity index is 417. The Balaban J connectivity index is 1.76. The number of hydrogen-bond donors (Lipinski definition) is 1. The second kappa shape index (κ2) is 5.23. The topological polar surface area (TPSA) is 51.0 Å². The second-order valence-corrected chi connectivity index (χ2v) is 4.67. The first-order chi connectivity index (χ1) is 7.77. The van der Waals surface area contributed by atoms with Crippen molar-refractivity contribution in [1.29, 1.82) is 0 Å². The number of rotatable bonds is 5. The van der Waals surface area contributed by atoms with Crippen LogP contribution >= 0.6 is 11.3 Å². The molecule has 2 heterocycles. The molecule has 0 aliphatic heterocycles. The molecule has 1 N–H and O–H groups in total. The van der Waals surface area contributed by atoms with E-state index in [9.17, 15) is 0 Å². The summed E-state index contributed by atoms with van der Waals surface area (Å²) in [6.07, 6.45) is 2.85. The summed E-state index contributed by atoms with van der Waals surface area (Å²) >= 11 is 1.67. The van der Waals surface area contributed by atoms with E-state index in [-0.39, 0.29) is 0 Å². The molecule has 0 aliphatic rings. The van der Waals surface area contributed by atoms with Gasteiger partial charge in [-0.15, -0.1) is 11.3 Å². The van der Waals surface area contributed by atoms with Gasteiger partial charge in [0.05, 0.1) is 11.2 Å². The van der Waals surface area contributed by atoms with Crippen molar-refractivity contribution in [2.24, 2.45) is 0 Å². The van der Waals surface area contributed by atoms with E-state index in [2.05, 4.69) is 15.5 Å². The van der Waals surface area contributed by atoms with Gasteiger partial charge in [0.1, 0.15) is 5.76 Å². The lowest BCUT2D eigenvalue weighted by atomic mass is 10.1. The molecule has 0 aliphatic carbocycles. The highest BCUT2D eigenvalue weighted by molar-refractivity contribution is 7.09. The van der Waals surface area contributed by atoms with E-state index in [4.69, 9.17) is 4.52 Å². The highest BCUT2D eigenvalue weighted by Crippen LogP contribution is 2.12. The molecular weight excluding hydrogens is 222 g/mol. The second-order valence-electron chi connectivity index (χ2n) is 3.70. The number of nitrogens with zero attached hydrogens (tertiary/aromatic N) is 2. The van der Waals surface area contributed by atoms with E-state index in [0.29, 0.717) is 0 Å². The summed E-state index contributed by atoms with van der Waals surface area (Å²) in [5.74, 6) is 0.928. The smallest absolute Gasteiger partial charge is 0.137 e. The van der Waals surface area contributed by atoms with E-state index >= 15 is 0 Å². The van der Waals surface area contributed by atoms with Gasteiger partial charge in [-0.2, -0.15) is 0 Å². The standard InChI is InChI=1S/C11H15N3OS/c1-8-11(9(2)15-14-8)3-4-12-5-10-6-13-7-16-10/h6-7,12H,3-5H2,1-2H3. The first-order valence-electron chi connectivity index (χ1n) is 5.27. The van der Waals surface area contributed by atoms with Crippen LogP contribution in [0.5, 0.6) is 0 Å². The van der Waals surface area contributed by atoms with Crippen LogP contribution in [0.25, 0.3) is 0 Å². The average molecular weight is 237 g/mol. The molecule has 2 rings (SSSR count). The molecule has 0 fully saturated rings. The van der Waals surface area contributed by atoms with E-state index in [1.807, 2.05) is 25.6 Å². The maximum absolute atomic E-state index is 5.11. The van der Waals surface area contributed by atoms with Gasteiger partial charge in [-0.1, -0.05) is 5.16 Å². The molecule has 0 amide bonds. The zero-order chi connectivity index (χ0) is 11.4. The molecule has 2 aromatic rings. The first kappa shape index (κ1) is 11.3. The van der Waals surface area contributed by atoms with Gasteiger partial charge in [-0.05, 0) is 26.8 Å². The van der Waals surface area contributed by atoms with Crippen LogP contribution in [0, 0.1) is 13.8 Å². The van der Waals surface area contributed by atoms with Gasteiger partial charge in [-0.3, -0.25) is 4.98 Å². The summed E-state index contributed by atoms with van der Waals surface area (Å²) in [6, 6.07) is 0. The SMILES string of the molecule is Cc1noc(C)c1CCNCc1cncs1. The molecule has 2 aromatic heterocycles. The monoisotopic (exact) mass is 237 g/mol. The van der Waals surface area contributed by atoms with Crippen LogP contribution < -0.4 is 5.32 Å². The molecule has 0 saturated heterocycles. The molecule has 5 heteroatoms. The van der Waals surface area contributed by atoms with Crippen LogP contribution in [0.2, 0.25) is 0 Å². The molecule has 0 bridgehead atoms. The van der Waals surface area contributed by atoms with Crippen LogP contribution in [-0.4, -0.2) is 16.7 Å². The fourth-order valence-electron chi connectivity index (χ4n) is 1.61. The van der Waals surface area contributed by atoms with Crippen LogP contribution in [0.1, 0.15) is 21.9 Å². The summed E-state index contributed by atoms with van der Waals surface area (Å²) < 4.78 is 5.11. The van der Waals surface area contributed by atoms with Gasteiger partial charge >= 0.3 is 0 Å². The Hall–Kier alpha value is -1.20. The van der Waals surface area contributed by atoms with Gasteiger partial charge in [0.25, 0.3) is 0 Å². The van der Waals surface area contributed by atoms with Gasteiger partial charge in [0.15, 0.2) is 0 Å². The number of nitrogens with one attached hydrogen (secondary N) is 1. The number of hydrogen-bond acceptors (Lipinski definition) is 5. The van der Waals surface area contributed by atoms with Crippen LogP contribution in [0.15, 0.2) is 16.2 Å². The van der Waals surface area contributed by atoms with Crippen molar-refractivity contribution < 1.29 is 4.52 Å². The maximum Gasteiger partial charge on any atom is 0.137 e. The van der Waals surface area contributed by atoms with E-state index in [1.165, 1.54) is 10.4 Å². The van der Waals surface area contributed by atoms with Crippen LogP contribution in [-0.2, 0) is 13.0 Å². The Kier molecular flexibility index (Phi) is 3.69. The third-order valence-corrected chi connectivity index (χ3v) is 3.30. The minimum Gasteiger partial charge on any atom is -0.361 e. The van der Waals surface area contributed by atoms with Crippen molar-refractivity contribution in [1.82, 2.24) is 15.5 Å². The van der Waals surface area contributed by atoms with Gasteiger partial charge in [0, 0.05) is 23.2 Å². The largest absolute Gasteiger partial charge is 0.361 e. The molecular formula is C11H15N3OS. The first-order valence-corrected chi connectivity index (χ1v) is 6.15. The minimum atomic E-state index is 0.883. The summed E-state index contributed by atoms with van der Waals surface area (Å²) in [6.45, 7) is 5.75. The highest BCUT2D eigenvalue weighted by Gasteiger charge is 2.07. The number of thiazole rings is 1. The number of aryl methyl sites for hydroxylation is 2. The maximum atomic E-state index is 5.11. The third kappa shape index (κ3) is 2.68. The predicted octanol–water partition coefficient (Wildman–Crippen LogP) is 2.08. The Morgan fingerprint density at radius 3 is 2.94 bits per heavy atom. The number of aromatic nitrogens is 2. The van der Waals surface area contributed by atoms with Crippen molar-refractivity contribution in [2.75, 3.05) is 6.54 Å². The van der Waals surface area contributed by atoms with E-state index in [0.717, 1.165) is 31.0 Å². The lowest BCUT2D eigenvalue weighted by Gasteiger charge is -2.02. The molecule has 0 radical (unpaired) electrons.